The number of hydrogen-bond donors (Lipinski definition) is 2. The number of nitriles is 1. The maximum atomic E-state index is 15.2. The Bertz CT molecular complexity index is 2030. The van der Waals surface area contributed by atoms with Crippen molar-refractivity contribution in [1.82, 2.24) is 9.24 Å². The van der Waals surface area contributed by atoms with Crippen molar-refractivity contribution in [3.63, 3.8) is 0 Å². The van der Waals surface area contributed by atoms with Gasteiger partial charge in [-0.1, -0.05) is 54.6 Å². The number of aromatic carboxylic acids is 2. The third-order valence-electron chi connectivity index (χ3n) is 10.6. The van der Waals surface area contributed by atoms with Gasteiger partial charge in [-0.3, -0.25) is 4.57 Å². The minimum Gasteiger partial charge on any atom is -0.497 e. The van der Waals surface area contributed by atoms with Crippen LogP contribution in [0, 0.1) is 25.2 Å². The molecule has 0 bridgehead atoms. The number of aromatic nitrogens is 1. The highest BCUT2D eigenvalue weighted by atomic mass is 31.2. The lowest BCUT2D eigenvalue weighted by Gasteiger charge is -2.40. The number of carboxylic acid groups (broad SMARTS) is 2. The summed E-state index contributed by atoms with van der Waals surface area (Å²) in [5.41, 5.74) is -0.326. The summed E-state index contributed by atoms with van der Waals surface area (Å²) in [6, 6.07) is 26.3. The van der Waals surface area contributed by atoms with Crippen molar-refractivity contribution >= 4 is 19.5 Å². The van der Waals surface area contributed by atoms with E-state index in [4.69, 9.17) is 23.5 Å². The number of nitrogens with zero attached hydrogens (tertiary/aromatic N) is 3. The summed E-state index contributed by atoms with van der Waals surface area (Å²) in [4.78, 5) is 24.8. The van der Waals surface area contributed by atoms with Crippen molar-refractivity contribution in [3.05, 3.63) is 118 Å². The number of benzene rings is 3. The molecular formula is C43H52N3O10P. The molecule has 5 atom stereocenters. The predicted molar refractivity (Wildman–Crippen MR) is 214 cm³/mol. The van der Waals surface area contributed by atoms with Gasteiger partial charge in [0.1, 0.15) is 35.1 Å². The monoisotopic (exact) mass is 801 g/mol. The zero-order valence-electron chi connectivity index (χ0n) is 33.8. The summed E-state index contributed by atoms with van der Waals surface area (Å²) in [7, 11) is -0.764. The van der Waals surface area contributed by atoms with Crippen LogP contribution in [0.3, 0.4) is 0 Å². The van der Waals surface area contributed by atoms with Crippen LogP contribution in [0.2, 0.25) is 0 Å². The number of methoxy groups -OCH3 is 2. The van der Waals surface area contributed by atoms with Crippen molar-refractivity contribution in [1.29, 1.82) is 5.26 Å². The van der Waals surface area contributed by atoms with Gasteiger partial charge in [0.25, 0.3) is 7.52 Å². The first kappa shape index (κ1) is 43.2. The fourth-order valence-corrected chi connectivity index (χ4v) is 10.8. The van der Waals surface area contributed by atoms with Crippen molar-refractivity contribution in [2.24, 2.45) is 0 Å². The Morgan fingerprint density at radius 2 is 1.30 bits per heavy atom. The molecule has 14 heteroatoms. The Morgan fingerprint density at radius 3 is 1.70 bits per heavy atom. The fourth-order valence-electron chi connectivity index (χ4n) is 8.06. The van der Waals surface area contributed by atoms with Crippen molar-refractivity contribution in [3.8, 4) is 17.6 Å². The largest absolute Gasteiger partial charge is 0.497 e. The molecule has 1 fully saturated rings. The summed E-state index contributed by atoms with van der Waals surface area (Å²) in [5, 5.41) is 30.4. The van der Waals surface area contributed by atoms with Gasteiger partial charge in [0, 0.05) is 29.9 Å². The molecule has 1 aromatic heterocycles. The molecule has 0 spiro atoms. The van der Waals surface area contributed by atoms with Crippen LogP contribution in [0.25, 0.3) is 0 Å². The molecule has 5 rings (SSSR count). The molecule has 1 aliphatic rings. The molecule has 2 heterocycles. The highest BCUT2D eigenvalue weighted by molar-refractivity contribution is 7.57. The lowest BCUT2D eigenvalue weighted by atomic mass is 9.80. The maximum Gasteiger partial charge on any atom is 0.338 e. The molecule has 0 saturated carbocycles. The number of ether oxygens (including phenoxy) is 4. The molecule has 0 amide bonds. The van der Waals surface area contributed by atoms with E-state index in [0.717, 1.165) is 16.7 Å². The molecule has 4 aromatic rings. The molecule has 0 radical (unpaired) electrons. The van der Waals surface area contributed by atoms with Crippen LogP contribution in [0.1, 0.15) is 96.1 Å². The second-order valence-electron chi connectivity index (χ2n) is 14.7. The van der Waals surface area contributed by atoms with Gasteiger partial charge in [-0.15, -0.1) is 0 Å². The molecule has 2 N–H and O–H groups in total. The van der Waals surface area contributed by atoms with E-state index in [1.165, 1.54) is 13.8 Å². The predicted octanol–water partition coefficient (Wildman–Crippen LogP) is 8.42. The Kier molecular flexibility index (Phi) is 13.4. The molecule has 3 aromatic carbocycles. The third kappa shape index (κ3) is 8.24. The number of carboxylic acids is 2. The van der Waals surface area contributed by atoms with E-state index in [1.54, 1.807) is 30.4 Å². The minimum absolute atomic E-state index is 0.0398. The van der Waals surface area contributed by atoms with Crippen LogP contribution in [0.4, 0.5) is 0 Å². The van der Waals surface area contributed by atoms with Crippen LogP contribution in [0.15, 0.2) is 78.9 Å². The second kappa shape index (κ2) is 17.7. The Labute approximate surface area is 334 Å². The van der Waals surface area contributed by atoms with Crippen LogP contribution >= 0.6 is 7.52 Å². The second-order valence-corrected chi connectivity index (χ2v) is 17.2. The van der Waals surface area contributed by atoms with Crippen molar-refractivity contribution < 1.29 is 47.8 Å². The van der Waals surface area contributed by atoms with Crippen molar-refractivity contribution in [2.75, 3.05) is 20.8 Å². The first-order valence-corrected chi connectivity index (χ1v) is 20.5. The van der Waals surface area contributed by atoms with Gasteiger partial charge in [-0.05, 0) is 89.4 Å². The topological polar surface area (TPSA) is 170 Å². The molecular weight excluding hydrogens is 749 g/mol. The average Bonchev–Trinajstić information content (AvgIpc) is 3.70. The van der Waals surface area contributed by atoms with E-state index >= 15 is 4.57 Å². The molecule has 304 valence electrons. The number of rotatable bonds is 17. The summed E-state index contributed by atoms with van der Waals surface area (Å²) >= 11 is 0. The highest BCUT2D eigenvalue weighted by Crippen LogP contribution is 2.60. The number of carbonyl (C=O) groups is 2. The maximum absolute atomic E-state index is 15.2. The first-order chi connectivity index (χ1) is 27.0. The quantitative estimate of drug-likeness (QED) is 0.0773. The van der Waals surface area contributed by atoms with Gasteiger partial charge in [0.2, 0.25) is 0 Å². The van der Waals surface area contributed by atoms with E-state index in [-0.39, 0.29) is 47.6 Å². The van der Waals surface area contributed by atoms with E-state index in [9.17, 15) is 25.1 Å². The van der Waals surface area contributed by atoms with Gasteiger partial charge in [-0.2, -0.15) is 5.26 Å². The summed E-state index contributed by atoms with van der Waals surface area (Å²) < 4.78 is 50.2. The SMILES string of the molecule is COc1ccc(C(OC[C@H]2O[C@@H](n3c(C)c(C(=O)O)c(C(=O)O)c3C)C[C@@H]2OP(=O)(C(C)C#N)N(C(C)C)C(C)C)(c2ccccc2)c2ccc(OC)cc2)cc1. The molecule has 0 aliphatic carbocycles. The van der Waals surface area contributed by atoms with Gasteiger partial charge >= 0.3 is 11.9 Å². The number of hydrogen-bond acceptors (Lipinski definition) is 9. The van der Waals surface area contributed by atoms with Gasteiger partial charge in [-0.25, -0.2) is 14.3 Å². The van der Waals surface area contributed by atoms with Crippen molar-refractivity contribution in [2.45, 2.75) is 96.7 Å². The van der Waals surface area contributed by atoms with E-state index < -0.39 is 49.2 Å². The minimum atomic E-state index is -3.94. The summed E-state index contributed by atoms with van der Waals surface area (Å²) in [5.74, 6) is -1.49. The molecule has 2 unspecified atom stereocenters. The smallest absolute Gasteiger partial charge is 0.338 e. The Balaban J connectivity index is 1.69. The Hall–Kier alpha value is -4.96. The summed E-state index contributed by atoms with van der Waals surface area (Å²) in [6.45, 7) is 12.0. The first-order valence-electron chi connectivity index (χ1n) is 18.8. The third-order valence-corrected chi connectivity index (χ3v) is 13.8. The van der Waals surface area contributed by atoms with Crippen LogP contribution in [0.5, 0.6) is 11.5 Å². The standard InChI is InChI=1S/C43H52N3O10P/c1-26(2)46(27(3)4)57(51,28(5)24-44)56-36-23-38(45-29(6)39(41(47)48)40(30(45)7)42(49)50)55-37(36)25-54-43(31-13-11-10-12-14-31,32-15-19-34(52-8)20-16-32)33-17-21-35(53-9)22-18-33/h10-22,26-28,36-38H,23,25H2,1-9H3,(H,47,48)(H,49,50)/t28?,36-,37+,38+,57?/m0/s1. The van der Waals surface area contributed by atoms with Crippen LogP contribution < -0.4 is 9.47 Å². The summed E-state index contributed by atoms with van der Waals surface area (Å²) in [6.07, 6.45) is -2.81. The zero-order valence-corrected chi connectivity index (χ0v) is 34.7. The fraction of sp³-hybridized carbons (Fsp3) is 0.419. The lowest BCUT2D eigenvalue weighted by Crippen LogP contribution is -2.41. The van der Waals surface area contributed by atoms with E-state index in [0.29, 0.717) is 11.5 Å². The van der Waals surface area contributed by atoms with Gasteiger partial charge < -0.3 is 38.3 Å². The molecule has 13 nitrogen and oxygen atoms in total. The van der Waals surface area contributed by atoms with Gasteiger partial charge in [0.05, 0.1) is 44.1 Å². The molecule has 57 heavy (non-hydrogen) atoms. The van der Waals surface area contributed by atoms with Gasteiger partial charge in [0.15, 0.2) is 0 Å². The highest BCUT2D eigenvalue weighted by Gasteiger charge is 2.50. The van der Waals surface area contributed by atoms with E-state index in [1.807, 2.05) is 107 Å². The average molecular weight is 802 g/mol. The molecule has 1 aliphatic heterocycles. The normalized spacial score (nSPS) is 18.7. The lowest BCUT2D eigenvalue weighted by molar-refractivity contribution is -0.0920. The zero-order chi connectivity index (χ0) is 41.8. The van der Waals surface area contributed by atoms with Crippen LogP contribution in [-0.2, 0) is 24.2 Å². The molecule has 1 saturated heterocycles. The Morgan fingerprint density at radius 1 is 0.842 bits per heavy atom. The van der Waals surface area contributed by atoms with Crippen LogP contribution in [-0.4, -0.2) is 82.2 Å². The van der Waals surface area contributed by atoms with E-state index in [2.05, 4.69) is 6.07 Å².